The molecule has 0 amide bonds. The van der Waals surface area contributed by atoms with Crippen LogP contribution in [0.25, 0.3) is 11.3 Å². The second-order valence-electron chi connectivity index (χ2n) is 5.34. The predicted molar refractivity (Wildman–Crippen MR) is 104 cm³/mol. The number of halogens is 2. The summed E-state index contributed by atoms with van der Waals surface area (Å²) in [6, 6.07) is 6.98. The van der Waals surface area contributed by atoms with E-state index < -0.39 is 21.3 Å². The van der Waals surface area contributed by atoms with Gasteiger partial charge in [0.2, 0.25) is 0 Å². The summed E-state index contributed by atoms with van der Waals surface area (Å²) in [6.45, 7) is 0. The van der Waals surface area contributed by atoms with Crippen LogP contribution in [0, 0.1) is 0 Å². The predicted octanol–water partition coefficient (Wildman–Crippen LogP) is 3.15. The van der Waals surface area contributed by atoms with Crippen molar-refractivity contribution in [1.82, 2.24) is 10.3 Å². The van der Waals surface area contributed by atoms with Crippen molar-refractivity contribution in [2.45, 2.75) is 11.4 Å². The largest absolute Gasteiger partial charge is 0.357 e. The third-order valence-corrected chi connectivity index (χ3v) is 7.07. The molecule has 1 aliphatic rings. The lowest BCUT2D eigenvalue weighted by atomic mass is 10.2. The molecular weight excluding hydrogens is 409 g/mol. The Bertz CT molecular complexity index is 852. The third-order valence-electron chi connectivity index (χ3n) is 3.46. The quantitative estimate of drug-likeness (QED) is 0.585. The van der Waals surface area contributed by atoms with Gasteiger partial charge < -0.3 is 10.6 Å². The topological polar surface area (TPSA) is 71.1 Å². The van der Waals surface area contributed by atoms with Crippen molar-refractivity contribution in [3.63, 3.8) is 0 Å². The van der Waals surface area contributed by atoms with Gasteiger partial charge in [0.25, 0.3) is 0 Å². The molecule has 1 aromatic carbocycles. The van der Waals surface area contributed by atoms with E-state index in [1.807, 2.05) is 17.5 Å². The third kappa shape index (κ3) is 4.37. The molecule has 3 rings (SSSR count). The summed E-state index contributed by atoms with van der Waals surface area (Å²) in [5.41, 5.74) is 1.76. The first-order valence-electron chi connectivity index (χ1n) is 6.96. The molecule has 10 heteroatoms. The van der Waals surface area contributed by atoms with E-state index in [-0.39, 0.29) is 11.5 Å². The normalized spacial score (nSPS) is 22.2. The summed E-state index contributed by atoms with van der Waals surface area (Å²) in [4.78, 5) is 4.46. The van der Waals surface area contributed by atoms with Gasteiger partial charge in [-0.05, 0) is 24.4 Å². The fourth-order valence-corrected chi connectivity index (χ4v) is 6.04. The number of thiazole rings is 1. The lowest BCUT2D eigenvalue weighted by Crippen LogP contribution is -2.42. The van der Waals surface area contributed by atoms with Crippen LogP contribution in [-0.2, 0) is 9.84 Å². The number of sulfone groups is 1. The minimum absolute atomic E-state index is 0.0170. The fraction of sp³-hybridized carbons (Fsp3) is 0.286. The van der Waals surface area contributed by atoms with Gasteiger partial charge in [-0.15, -0.1) is 22.9 Å². The first kappa shape index (κ1) is 17.9. The van der Waals surface area contributed by atoms with Gasteiger partial charge in [0.15, 0.2) is 20.1 Å². The zero-order valence-electron chi connectivity index (χ0n) is 12.2. The first-order valence-corrected chi connectivity index (χ1v) is 10.9. The van der Waals surface area contributed by atoms with Crippen LogP contribution in [0.2, 0.25) is 5.02 Å². The number of aromatic nitrogens is 1. The SMILES string of the molecule is O=S1(=O)C[C@H](Cl)[C@H](NC(=S)Nc2nc(-c3ccc(Cl)cc3)cs2)C1. The van der Waals surface area contributed by atoms with Crippen LogP contribution in [-0.4, -0.2) is 41.4 Å². The number of hydrogen-bond acceptors (Lipinski definition) is 5. The van der Waals surface area contributed by atoms with Crippen molar-refractivity contribution < 1.29 is 8.42 Å². The van der Waals surface area contributed by atoms with Crippen LogP contribution in [0.3, 0.4) is 0 Å². The van der Waals surface area contributed by atoms with Crippen LogP contribution in [0.5, 0.6) is 0 Å². The second-order valence-corrected chi connectivity index (χ2v) is 9.76. The second kappa shape index (κ2) is 7.13. The van der Waals surface area contributed by atoms with Crippen LogP contribution in [0.15, 0.2) is 29.6 Å². The van der Waals surface area contributed by atoms with Crippen LogP contribution < -0.4 is 10.6 Å². The highest BCUT2D eigenvalue weighted by atomic mass is 35.5. The van der Waals surface area contributed by atoms with E-state index in [4.69, 9.17) is 35.4 Å². The summed E-state index contributed by atoms with van der Waals surface area (Å²) >= 11 is 18.5. The van der Waals surface area contributed by atoms with Gasteiger partial charge in [0.05, 0.1) is 28.6 Å². The smallest absolute Gasteiger partial charge is 0.189 e. The molecule has 0 bridgehead atoms. The average molecular weight is 422 g/mol. The van der Waals surface area contributed by atoms with Gasteiger partial charge in [0, 0.05) is 16.0 Å². The van der Waals surface area contributed by atoms with Gasteiger partial charge in [0.1, 0.15) is 0 Å². The summed E-state index contributed by atoms with van der Waals surface area (Å²) in [5, 5.41) is 8.91. The molecule has 0 unspecified atom stereocenters. The molecule has 0 aliphatic carbocycles. The van der Waals surface area contributed by atoms with Crippen LogP contribution in [0.1, 0.15) is 0 Å². The molecule has 1 aromatic heterocycles. The Labute approximate surface area is 159 Å². The molecular formula is C14H13Cl2N3O2S3. The molecule has 5 nitrogen and oxygen atoms in total. The molecule has 0 saturated carbocycles. The van der Waals surface area contributed by atoms with E-state index >= 15 is 0 Å². The number of nitrogens with zero attached hydrogens (tertiary/aromatic N) is 1. The number of hydrogen-bond donors (Lipinski definition) is 2. The standard InChI is InChI=1S/C14H13Cl2N3O2S3/c15-9-3-1-8(2-4-9)11-5-23-14(18-11)19-13(22)17-12-7-24(20,21)6-10(12)16/h1-5,10,12H,6-7H2,(H2,17,18,19,22)/t10-,12+/m0/s1. The number of alkyl halides is 1. The van der Waals surface area contributed by atoms with Crippen molar-refractivity contribution in [2.75, 3.05) is 16.8 Å². The van der Waals surface area contributed by atoms with Crippen LogP contribution in [0.4, 0.5) is 5.13 Å². The zero-order chi connectivity index (χ0) is 17.3. The van der Waals surface area contributed by atoms with E-state index in [0.29, 0.717) is 15.3 Å². The molecule has 0 spiro atoms. The van der Waals surface area contributed by atoms with Crippen molar-refractivity contribution in [3.8, 4) is 11.3 Å². The Morgan fingerprint density at radius 1 is 1.29 bits per heavy atom. The van der Waals surface area contributed by atoms with Crippen molar-refractivity contribution in [3.05, 3.63) is 34.7 Å². The molecule has 2 N–H and O–H groups in total. The number of benzene rings is 1. The highest BCUT2D eigenvalue weighted by molar-refractivity contribution is 7.91. The van der Waals surface area contributed by atoms with E-state index in [2.05, 4.69) is 15.6 Å². The minimum Gasteiger partial charge on any atom is -0.357 e. The average Bonchev–Trinajstić information content (AvgIpc) is 3.04. The molecule has 0 radical (unpaired) electrons. The van der Waals surface area contributed by atoms with E-state index in [1.165, 1.54) is 11.3 Å². The Balaban J connectivity index is 1.62. The van der Waals surface area contributed by atoms with Gasteiger partial charge in [-0.3, -0.25) is 0 Å². The summed E-state index contributed by atoms with van der Waals surface area (Å²) in [6.07, 6.45) is 0. The molecule has 24 heavy (non-hydrogen) atoms. The number of thiocarbonyl (C=S) groups is 1. The Hall–Kier alpha value is -0.930. The fourth-order valence-electron chi connectivity index (χ4n) is 2.32. The van der Waals surface area contributed by atoms with Crippen molar-refractivity contribution in [2.24, 2.45) is 0 Å². The van der Waals surface area contributed by atoms with E-state index in [0.717, 1.165) is 11.3 Å². The molecule has 2 atom stereocenters. The van der Waals surface area contributed by atoms with Crippen molar-refractivity contribution >= 4 is 66.8 Å². The van der Waals surface area contributed by atoms with Gasteiger partial charge in [-0.25, -0.2) is 13.4 Å². The molecule has 128 valence electrons. The highest BCUT2D eigenvalue weighted by Crippen LogP contribution is 2.26. The Morgan fingerprint density at radius 2 is 2.00 bits per heavy atom. The lowest BCUT2D eigenvalue weighted by Gasteiger charge is -2.16. The summed E-state index contributed by atoms with van der Waals surface area (Å²) in [7, 11) is -3.10. The van der Waals surface area contributed by atoms with Gasteiger partial charge in [-0.1, -0.05) is 23.7 Å². The lowest BCUT2D eigenvalue weighted by molar-refractivity contribution is 0.600. The minimum atomic E-state index is -3.10. The summed E-state index contributed by atoms with van der Waals surface area (Å²) in [5.74, 6) is -0.0519. The summed E-state index contributed by atoms with van der Waals surface area (Å²) < 4.78 is 23.1. The molecule has 1 saturated heterocycles. The van der Waals surface area contributed by atoms with E-state index in [1.54, 1.807) is 12.1 Å². The van der Waals surface area contributed by atoms with Gasteiger partial charge in [-0.2, -0.15) is 0 Å². The number of rotatable bonds is 3. The Kier molecular flexibility index (Phi) is 5.31. The maximum Gasteiger partial charge on any atom is 0.189 e. The zero-order valence-corrected chi connectivity index (χ0v) is 16.2. The Morgan fingerprint density at radius 3 is 2.62 bits per heavy atom. The van der Waals surface area contributed by atoms with Gasteiger partial charge >= 0.3 is 0 Å². The first-order chi connectivity index (χ1) is 11.3. The van der Waals surface area contributed by atoms with Crippen molar-refractivity contribution in [1.29, 1.82) is 0 Å². The number of nitrogens with one attached hydrogen (secondary N) is 2. The molecule has 2 heterocycles. The maximum atomic E-state index is 11.6. The molecule has 1 aliphatic heterocycles. The highest BCUT2D eigenvalue weighted by Gasteiger charge is 2.36. The van der Waals surface area contributed by atoms with E-state index in [9.17, 15) is 8.42 Å². The monoisotopic (exact) mass is 421 g/mol. The molecule has 1 fully saturated rings. The number of anilines is 1. The maximum absolute atomic E-state index is 11.6. The molecule has 2 aromatic rings. The van der Waals surface area contributed by atoms with Crippen LogP contribution >= 0.6 is 46.8 Å².